The quantitative estimate of drug-likeness (QED) is 0.734. The molecule has 0 saturated heterocycles. The fourth-order valence-corrected chi connectivity index (χ4v) is 2.48. The SMILES string of the molecule is COc1ccc(C(=O)CC(C)C(=O)N(C)Cc2cccnc2)cc1. The number of ketones is 1. The third-order valence-electron chi connectivity index (χ3n) is 3.84. The number of aromatic nitrogens is 1. The van der Waals surface area contributed by atoms with Gasteiger partial charge in [0.1, 0.15) is 5.75 Å². The van der Waals surface area contributed by atoms with Crippen molar-refractivity contribution in [1.29, 1.82) is 0 Å². The third-order valence-corrected chi connectivity index (χ3v) is 3.84. The Morgan fingerprint density at radius 3 is 2.50 bits per heavy atom. The monoisotopic (exact) mass is 326 g/mol. The fourth-order valence-electron chi connectivity index (χ4n) is 2.48. The second-order valence-corrected chi connectivity index (χ2v) is 5.81. The highest BCUT2D eigenvalue weighted by molar-refractivity contribution is 5.98. The molecule has 1 atom stereocenters. The Bertz CT molecular complexity index is 684. The molecule has 1 heterocycles. The summed E-state index contributed by atoms with van der Waals surface area (Å²) in [5, 5.41) is 0. The van der Waals surface area contributed by atoms with E-state index in [0.29, 0.717) is 17.9 Å². The molecule has 0 aliphatic heterocycles. The Balaban J connectivity index is 1.93. The Morgan fingerprint density at radius 1 is 1.21 bits per heavy atom. The number of amides is 1. The molecule has 5 nitrogen and oxygen atoms in total. The molecule has 0 radical (unpaired) electrons. The third kappa shape index (κ3) is 4.65. The summed E-state index contributed by atoms with van der Waals surface area (Å²) < 4.78 is 5.08. The molecule has 1 unspecified atom stereocenters. The molecule has 0 bridgehead atoms. The maximum atomic E-state index is 12.4. The summed E-state index contributed by atoms with van der Waals surface area (Å²) in [6.07, 6.45) is 3.61. The molecule has 5 heteroatoms. The minimum absolute atomic E-state index is 0.0479. The molecule has 1 aromatic carbocycles. The molecule has 0 N–H and O–H groups in total. The standard InChI is InChI=1S/C19H22N2O3/c1-14(11-18(22)16-6-8-17(24-3)9-7-16)19(23)21(2)13-15-5-4-10-20-12-15/h4-10,12,14H,11,13H2,1-3H3. The van der Waals surface area contributed by atoms with Crippen molar-refractivity contribution in [2.75, 3.05) is 14.2 Å². The molecule has 0 spiro atoms. The van der Waals surface area contributed by atoms with Gasteiger partial charge in [0.15, 0.2) is 5.78 Å². The minimum atomic E-state index is -0.374. The van der Waals surface area contributed by atoms with E-state index in [4.69, 9.17) is 4.74 Å². The lowest BCUT2D eigenvalue weighted by Gasteiger charge is -2.21. The highest BCUT2D eigenvalue weighted by Crippen LogP contribution is 2.16. The van der Waals surface area contributed by atoms with E-state index in [1.807, 2.05) is 12.1 Å². The smallest absolute Gasteiger partial charge is 0.225 e. The first kappa shape index (κ1) is 17.7. The van der Waals surface area contributed by atoms with E-state index in [-0.39, 0.29) is 24.0 Å². The van der Waals surface area contributed by atoms with E-state index in [9.17, 15) is 9.59 Å². The van der Waals surface area contributed by atoms with Gasteiger partial charge in [-0.05, 0) is 35.9 Å². The van der Waals surface area contributed by atoms with Gasteiger partial charge in [-0.15, -0.1) is 0 Å². The minimum Gasteiger partial charge on any atom is -0.497 e. The first-order chi connectivity index (χ1) is 11.5. The van der Waals surface area contributed by atoms with Gasteiger partial charge >= 0.3 is 0 Å². The lowest BCUT2D eigenvalue weighted by atomic mass is 9.98. The Labute approximate surface area is 142 Å². The number of rotatable bonds is 7. The van der Waals surface area contributed by atoms with Crippen molar-refractivity contribution >= 4 is 11.7 Å². The van der Waals surface area contributed by atoms with E-state index >= 15 is 0 Å². The van der Waals surface area contributed by atoms with Crippen molar-refractivity contribution in [1.82, 2.24) is 9.88 Å². The number of methoxy groups -OCH3 is 1. The molecule has 1 amide bonds. The highest BCUT2D eigenvalue weighted by Gasteiger charge is 2.21. The van der Waals surface area contributed by atoms with Gasteiger partial charge in [0.05, 0.1) is 7.11 Å². The summed E-state index contributed by atoms with van der Waals surface area (Å²) in [5.41, 5.74) is 1.55. The van der Waals surface area contributed by atoms with Gasteiger partial charge in [0.25, 0.3) is 0 Å². The summed E-state index contributed by atoms with van der Waals surface area (Å²) in [5.74, 6) is 0.224. The van der Waals surface area contributed by atoms with Gasteiger partial charge in [-0.2, -0.15) is 0 Å². The number of hydrogen-bond donors (Lipinski definition) is 0. The van der Waals surface area contributed by atoms with Crippen molar-refractivity contribution in [3.05, 3.63) is 59.9 Å². The predicted molar refractivity (Wildman–Crippen MR) is 91.8 cm³/mol. The van der Waals surface area contributed by atoms with Gasteiger partial charge in [0, 0.05) is 43.9 Å². The molecular formula is C19H22N2O3. The van der Waals surface area contributed by atoms with E-state index in [1.165, 1.54) is 0 Å². The van der Waals surface area contributed by atoms with Crippen LogP contribution >= 0.6 is 0 Å². The van der Waals surface area contributed by atoms with Crippen LogP contribution in [0.1, 0.15) is 29.3 Å². The van der Waals surface area contributed by atoms with Crippen LogP contribution in [0.2, 0.25) is 0 Å². The molecule has 0 aliphatic rings. The number of Topliss-reactive ketones (excluding diaryl/α,β-unsaturated/α-hetero) is 1. The van der Waals surface area contributed by atoms with Crippen LogP contribution in [-0.4, -0.2) is 35.7 Å². The number of benzene rings is 1. The Morgan fingerprint density at radius 2 is 1.92 bits per heavy atom. The zero-order valence-corrected chi connectivity index (χ0v) is 14.2. The van der Waals surface area contributed by atoms with Crippen molar-refractivity contribution in [2.24, 2.45) is 5.92 Å². The average molecular weight is 326 g/mol. The predicted octanol–water partition coefficient (Wildman–Crippen LogP) is 2.96. The number of pyridine rings is 1. The molecule has 0 fully saturated rings. The lowest BCUT2D eigenvalue weighted by Crippen LogP contribution is -2.32. The van der Waals surface area contributed by atoms with Crippen LogP contribution in [0.25, 0.3) is 0 Å². The van der Waals surface area contributed by atoms with Crippen LogP contribution in [0.3, 0.4) is 0 Å². The van der Waals surface area contributed by atoms with Crippen LogP contribution < -0.4 is 4.74 Å². The summed E-state index contributed by atoms with van der Waals surface area (Å²) in [6.45, 7) is 2.26. The second kappa shape index (κ2) is 8.24. The molecule has 126 valence electrons. The molecule has 0 aliphatic carbocycles. The normalized spacial score (nSPS) is 11.6. The topological polar surface area (TPSA) is 59.5 Å². The first-order valence-electron chi connectivity index (χ1n) is 7.82. The summed E-state index contributed by atoms with van der Waals surface area (Å²) in [7, 11) is 3.32. The highest BCUT2D eigenvalue weighted by atomic mass is 16.5. The largest absolute Gasteiger partial charge is 0.497 e. The summed E-state index contributed by atoms with van der Waals surface area (Å²) in [6, 6.07) is 10.7. The van der Waals surface area contributed by atoms with Crippen molar-refractivity contribution in [2.45, 2.75) is 19.9 Å². The summed E-state index contributed by atoms with van der Waals surface area (Å²) >= 11 is 0. The van der Waals surface area contributed by atoms with Crippen LogP contribution in [0.5, 0.6) is 5.75 Å². The second-order valence-electron chi connectivity index (χ2n) is 5.81. The number of ether oxygens (including phenoxy) is 1. The fraction of sp³-hybridized carbons (Fsp3) is 0.316. The zero-order chi connectivity index (χ0) is 17.5. The van der Waals surface area contributed by atoms with Crippen LogP contribution in [0.4, 0.5) is 0 Å². The molecule has 24 heavy (non-hydrogen) atoms. The van der Waals surface area contributed by atoms with Crippen LogP contribution in [0, 0.1) is 5.92 Å². The Kier molecular flexibility index (Phi) is 6.07. The van der Waals surface area contributed by atoms with Gasteiger partial charge in [0.2, 0.25) is 5.91 Å². The van der Waals surface area contributed by atoms with Gasteiger partial charge in [-0.3, -0.25) is 14.6 Å². The molecule has 2 aromatic rings. The van der Waals surface area contributed by atoms with E-state index in [2.05, 4.69) is 4.98 Å². The average Bonchev–Trinajstić information content (AvgIpc) is 2.61. The number of carbonyl (C=O) groups excluding carboxylic acids is 2. The van der Waals surface area contributed by atoms with Gasteiger partial charge in [-0.1, -0.05) is 13.0 Å². The maximum Gasteiger partial charge on any atom is 0.225 e. The molecule has 1 aromatic heterocycles. The summed E-state index contributed by atoms with van der Waals surface area (Å²) in [4.78, 5) is 30.4. The lowest BCUT2D eigenvalue weighted by molar-refractivity contribution is -0.134. The van der Waals surface area contributed by atoms with E-state index in [0.717, 1.165) is 5.56 Å². The van der Waals surface area contributed by atoms with Gasteiger partial charge in [-0.25, -0.2) is 0 Å². The van der Waals surface area contributed by atoms with Crippen molar-refractivity contribution in [3.63, 3.8) is 0 Å². The number of carbonyl (C=O) groups is 2. The van der Waals surface area contributed by atoms with Gasteiger partial charge < -0.3 is 9.64 Å². The zero-order valence-electron chi connectivity index (χ0n) is 14.2. The number of nitrogens with zero attached hydrogens (tertiary/aromatic N) is 2. The van der Waals surface area contributed by atoms with E-state index in [1.54, 1.807) is 62.6 Å². The van der Waals surface area contributed by atoms with Crippen LogP contribution in [-0.2, 0) is 11.3 Å². The molecule has 0 saturated carbocycles. The Hall–Kier alpha value is -2.69. The maximum absolute atomic E-state index is 12.4. The van der Waals surface area contributed by atoms with E-state index < -0.39 is 0 Å². The van der Waals surface area contributed by atoms with Crippen LogP contribution in [0.15, 0.2) is 48.8 Å². The number of hydrogen-bond acceptors (Lipinski definition) is 4. The molecular weight excluding hydrogens is 304 g/mol. The van der Waals surface area contributed by atoms with Crippen molar-refractivity contribution < 1.29 is 14.3 Å². The first-order valence-corrected chi connectivity index (χ1v) is 7.82. The van der Waals surface area contributed by atoms with Crippen molar-refractivity contribution in [3.8, 4) is 5.75 Å². The molecule has 2 rings (SSSR count).